The van der Waals surface area contributed by atoms with Crippen molar-refractivity contribution in [1.29, 1.82) is 0 Å². The molecule has 4 heterocycles. The largest absolute Gasteiger partial charge is 0.381 e. The van der Waals surface area contributed by atoms with Gasteiger partial charge < -0.3 is 19.1 Å². The molecular weight excluding hydrogens is 436 g/mol. The highest BCUT2D eigenvalue weighted by Crippen LogP contribution is 2.41. The summed E-state index contributed by atoms with van der Waals surface area (Å²) in [6.45, 7) is 4.71. The number of aromatic nitrogens is 4. The molecule has 0 aliphatic carbocycles. The Morgan fingerprint density at radius 2 is 2.00 bits per heavy atom. The van der Waals surface area contributed by atoms with Crippen molar-refractivity contribution < 1.29 is 22.1 Å². The summed E-state index contributed by atoms with van der Waals surface area (Å²) >= 11 is 0. The quantitative estimate of drug-likeness (QED) is 0.626. The fourth-order valence-electron chi connectivity index (χ4n) is 4.14. The Kier molecular flexibility index (Phi) is 6.24. The van der Waals surface area contributed by atoms with E-state index in [1.54, 1.807) is 18.6 Å². The number of ether oxygens (including phenoxy) is 1. The molecule has 1 N–H and O–H groups in total. The Labute approximate surface area is 186 Å². The fraction of sp³-hybridized carbons (Fsp3) is 0.550. The minimum absolute atomic E-state index is 0.0113. The van der Waals surface area contributed by atoms with E-state index in [1.807, 2.05) is 11.8 Å². The third-order valence-corrected chi connectivity index (χ3v) is 6.33. The average molecular weight is 463 g/mol. The molecule has 1 spiro atoms. The average Bonchev–Trinajstić information content (AvgIpc) is 3.16. The highest BCUT2D eigenvalue weighted by molar-refractivity contribution is 7.86. The molecule has 11 nitrogen and oxygen atoms in total. The second kappa shape index (κ2) is 8.94. The summed E-state index contributed by atoms with van der Waals surface area (Å²) in [4.78, 5) is 31.7. The minimum atomic E-state index is -3.97. The van der Waals surface area contributed by atoms with Crippen LogP contribution in [0.3, 0.4) is 0 Å². The van der Waals surface area contributed by atoms with Crippen molar-refractivity contribution in [1.82, 2.24) is 19.9 Å². The Morgan fingerprint density at radius 3 is 2.69 bits per heavy atom. The highest BCUT2D eigenvalue weighted by Gasteiger charge is 2.41. The van der Waals surface area contributed by atoms with E-state index in [2.05, 4.69) is 29.4 Å². The molecule has 32 heavy (non-hydrogen) atoms. The van der Waals surface area contributed by atoms with Crippen molar-refractivity contribution >= 4 is 27.9 Å². The van der Waals surface area contributed by atoms with Crippen molar-refractivity contribution in [3.63, 3.8) is 0 Å². The minimum Gasteiger partial charge on any atom is -0.381 e. The number of carbonyl (C=O) groups excluding carboxylic acids is 1. The van der Waals surface area contributed by atoms with Crippen LogP contribution in [0.15, 0.2) is 24.8 Å². The molecule has 0 aromatic carbocycles. The van der Waals surface area contributed by atoms with Crippen molar-refractivity contribution in [3.8, 4) is 0 Å². The van der Waals surface area contributed by atoms with Crippen LogP contribution >= 0.6 is 0 Å². The summed E-state index contributed by atoms with van der Waals surface area (Å²) in [6, 6.07) is -0.231. The summed E-state index contributed by atoms with van der Waals surface area (Å²) in [5.41, 5.74) is 0.819. The van der Waals surface area contributed by atoms with Crippen LogP contribution in [-0.4, -0.2) is 66.9 Å². The van der Waals surface area contributed by atoms with Gasteiger partial charge in [0.1, 0.15) is 11.4 Å². The summed E-state index contributed by atoms with van der Waals surface area (Å²) in [6.07, 6.45) is 9.78. The summed E-state index contributed by atoms with van der Waals surface area (Å²) in [5, 5.41) is 3.17. The summed E-state index contributed by atoms with van der Waals surface area (Å²) < 4.78 is 33.2. The monoisotopic (exact) mass is 462 g/mol. The van der Waals surface area contributed by atoms with Gasteiger partial charge in [-0.3, -0.25) is 9.97 Å². The van der Waals surface area contributed by atoms with Gasteiger partial charge in [0.25, 0.3) is 0 Å². The first-order valence-corrected chi connectivity index (χ1v) is 12.2. The van der Waals surface area contributed by atoms with Gasteiger partial charge >= 0.3 is 16.1 Å². The van der Waals surface area contributed by atoms with Gasteiger partial charge in [0, 0.05) is 44.9 Å². The van der Waals surface area contributed by atoms with Gasteiger partial charge in [0.2, 0.25) is 5.95 Å². The molecule has 2 aliphatic rings. The maximum absolute atomic E-state index is 12.6. The van der Waals surface area contributed by atoms with Crippen LogP contribution in [-0.2, 0) is 19.0 Å². The Bertz CT molecular complexity index is 1080. The zero-order chi connectivity index (χ0) is 22.8. The van der Waals surface area contributed by atoms with E-state index in [9.17, 15) is 13.2 Å². The van der Waals surface area contributed by atoms with Gasteiger partial charge in [0.15, 0.2) is 0 Å². The van der Waals surface area contributed by atoms with Crippen molar-refractivity contribution in [2.75, 3.05) is 42.8 Å². The lowest BCUT2D eigenvalue weighted by Crippen LogP contribution is -2.34. The molecule has 12 heteroatoms. The molecule has 0 radical (unpaired) electrons. The number of anilines is 2. The van der Waals surface area contributed by atoms with Crippen LogP contribution in [0.4, 0.5) is 11.8 Å². The summed E-state index contributed by atoms with van der Waals surface area (Å²) in [7, 11) is -3.97. The number of carbonyl (C=O) groups is 1. The number of hydrogen-bond acceptors (Lipinski definition) is 11. The normalized spacial score (nSPS) is 19.0. The molecule has 2 fully saturated rings. The SMILES string of the molecule is C[C@H](Nc1ncc(C(=O)OS(C)(=O)=O)c(N2CCC3(CCOCC3)C2)n1)c1cnccn1. The van der Waals surface area contributed by atoms with Gasteiger partial charge in [0.05, 0.1) is 24.2 Å². The molecule has 0 amide bonds. The molecule has 2 aliphatic heterocycles. The van der Waals surface area contributed by atoms with Gasteiger partial charge in [-0.1, -0.05) is 0 Å². The van der Waals surface area contributed by atoms with Gasteiger partial charge in [-0.2, -0.15) is 13.4 Å². The number of nitrogens with one attached hydrogen (secondary N) is 1. The number of nitrogens with zero attached hydrogens (tertiary/aromatic N) is 5. The lowest BCUT2D eigenvalue weighted by atomic mass is 9.80. The molecular formula is C20H26N6O5S. The van der Waals surface area contributed by atoms with Crippen LogP contribution in [0.25, 0.3) is 0 Å². The van der Waals surface area contributed by atoms with Gasteiger partial charge in [-0.25, -0.2) is 9.78 Å². The molecule has 1 atom stereocenters. The fourth-order valence-corrected chi connectivity index (χ4v) is 4.50. The maximum Gasteiger partial charge on any atom is 0.359 e. The van der Waals surface area contributed by atoms with Gasteiger partial charge in [-0.05, 0) is 31.6 Å². The first-order chi connectivity index (χ1) is 15.2. The molecule has 0 saturated carbocycles. The van der Waals surface area contributed by atoms with E-state index in [0.717, 1.165) is 25.5 Å². The van der Waals surface area contributed by atoms with Crippen molar-refractivity contribution in [2.24, 2.45) is 5.41 Å². The molecule has 2 aromatic rings. The molecule has 4 rings (SSSR count). The Hall–Kier alpha value is -2.86. The molecule has 2 aromatic heterocycles. The second-order valence-corrected chi connectivity index (χ2v) is 9.86. The van der Waals surface area contributed by atoms with Crippen LogP contribution in [0.2, 0.25) is 0 Å². The summed E-state index contributed by atoms with van der Waals surface area (Å²) in [5.74, 6) is -0.350. The van der Waals surface area contributed by atoms with Crippen molar-refractivity contribution in [2.45, 2.75) is 32.2 Å². The first kappa shape index (κ1) is 22.3. The maximum atomic E-state index is 12.6. The number of rotatable bonds is 6. The van der Waals surface area contributed by atoms with E-state index >= 15 is 0 Å². The van der Waals surface area contributed by atoms with E-state index < -0.39 is 16.1 Å². The molecule has 2 saturated heterocycles. The highest BCUT2D eigenvalue weighted by atomic mass is 32.2. The zero-order valence-corrected chi connectivity index (χ0v) is 18.8. The Balaban J connectivity index is 1.63. The smallest absolute Gasteiger partial charge is 0.359 e. The van der Waals surface area contributed by atoms with Crippen LogP contribution in [0.5, 0.6) is 0 Å². The lowest BCUT2D eigenvalue weighted by Gasteiger charge is -2.33. The second-order valence-electron chi connectivity index (χ2n) is 8.29. The number of hydrogen-bond donors (Lipinski definition) is 1. The van der Waals surface area contributed by atoms with Gasteiger partial charge in [-0.15, -0.1) is 0 Å². The first-order valence-electron chi connectivity index (χ1n) is 10.4. The topological polar surface area (TPSA) is 136 Å². The van der Waals surface area contributed by atoms with E-state index in [0.29, 0.717) is 43.8 Å². The zero-order valence-electron chi connectivity index (χ0n) is 18.0. The standard InChI is InChI=1S/C20H26N6O5S/c1-14(16-12-21-6-7-22-16)24-19-23-11-15(18(27)31-32(2,28)29)17(25-19)26-8-3-20(13-26)4-9-30-10-5-20/h6-7,11-12,14H,3-5,8-10,13H2,1-2H3,(H,23,24,25)/t14-/m0/s1. The van der Waals surface area contributed by atoms with Crippen LogP contribution < -0.4 is 10.2 Å². The van der Waals surface area contributed by atoms with Crippen LogP contribution in [0, 0.1) is 5.41 Å². The lowest BCUT2D eigenvalue weighted by molar-refractivity contribution is 0.0254. The Morgan fingerprint density at radius 1 is 1.22 bits per heavy atom. The third kappa shape index (κ3) is 5.13. The van der Waals surface area contributed by atoms with E-state index in [1.165, 1.54) is 6.20 Å². The van der Waals surface area contributed by atoms with Crippen molar-refractivity contribution in [3.05, 3.63) is 36.0 Å². The molecule has 172 valence electrons. The predicted octanol–water partition coefficient (Wildman–Crippen LogP) is 1.56. The van der Waals surface area contributed by atoms with E-state index in [-0.39, 0.29) is 17.0 Å². The van der Waals surface area contributed by atoms with Crippen LogP contribution in [0.1, 0.15) is 48.3 Å². The molecule has 0 bridgehead atoms. The van der Waals surface area contributed by atoms with E-state index in [4.69, 9.17) is 4.74 Å². The molecule has 0 unspecified atom stereocenters. The predicted molar refractivity (Wildman–Crippen MR) is 116 cm³/mol. The third-order valence-electron chi connectivity index (χ3n) is 5.88.